The molecule has 0 aliphatic carbocycles. The van der Waals surface area contributed by atoms with Crippen molar-refractivity contribution in [3.8, 4) is 5.75 Å². The van der Waals surface area contributed by atoms with Crippen LogP contribution in [-0.2, 0) is 4.74 Å². The van der Waals surface area contributed by atoms with Gasteiger partial charge in [0.1, 0.15) is 28.5 Å². The molecule has 0 atom stereocenters. The lowest BCUT2D eigenvalue weighted by atomic mass is 10.1. The van der Waals surface area contributed by atoms with Gasteiger partial charge in [-0.05, 0) is 20.8 Å². The minimum Gasteiger partial charge on any atom is -0.507 e. The van der Waals surface area contributed by atoms with Gasteiger partial charge >= 0.3 is 6.09 Å². The Morgan fingerprint density at radius 3 is 2.12 bits per heavy atom. The zero-order valence-corrected chi connectivity index (χ0v) is 13.8. The fourth-order valence-electron chi connectivity index (χ4n) is 2.35. The van der Waals surface area contributed by atoms with E-state index in [9.17, 15) is 23.5 Å². The molecule has 0 unspecified atom stereocenters. The Bertz CT molecular complexity index is 627. The third kappa shape index (κ3) is 4.12. The van der Waals surface area contributed by atoms with Crippen molar-refractivity contribution in [3.63, 3.8) is 0 Å². The minimum absolute atomic E-state index is 0.161. The van der Waals surface area contributed by atoms with Gasteiger partial charge in [-0.3, -0.25) is 4.79 Å². The molecule has 0 aromatic heterocycles. The minimum atomic E-state index is -1.12. The second-order valence-corrected chi connectivity index (χ2v) is 6.54. The molecule has 2 amide bonds. The van der Waals surface area contributed by atoms with Gasteiger partial charge in [0.05, 0.1) is 0 Å². The summed E-state index contributed by atoms with van der Waals surface area (Å²) in [7, 11) is 0. The zero-order valence-electron chi connectivity index (χ0n) is 13.8. The first-order valence-electron chi connectivity index (χ1n) is 7.53. The molecule has 1 aromatic carbocycles. The Balaban J connectivity index is 2.02. The molecule has 0 bridgehead atoms. The molecule has 0 radical (unpaired) electrons. The first-order valence-corrected chi connectivity index (χ1v) is 7.53. The van der Waals surface area contributed by atoms with E-state index in [-0.39, 0.29) is 26.2 Å². The summed E-state index contributed by atoms with van der Waals surface area (Å²) in [6.07, 6.45) is -0.481. The van der Waals surface area contributed by atoms with Crippen LogP contribution in [-0.4, -0.2) is 58.7 Å². The molecule has 6 nitrogen and oxygen atoms in total. The normalized spacial score (nSPS) is 15.4. The highest BCUT2D eigenvalue weighted by Gasteiger charge is 2.30. The predicted octanol–water partition coefficient (Wildman–Crippen LogP) is 2.36. The number of rotatable bonds is 1. The SMILES string of the molecule is CC(C)(C)OC(=O)N1CCN(C(=O)c2c(O)cc(F)cc2F)CC1. The van der Waals surface area contributed by atoms with Crippen LogP contribution in [0.15, 0.2) is 12.1 Å². The molecule has 1 aliphatic heterocycles. The van der Waals surface area contributed by atoms with Crippen LogP contribution in [0.25, 0.3) is 0 Å². The van der Waals surface area contributed by atoms with Gasteiger partial charge in [-0.1, -0.05) is 0 Å². The van der Waals surface area contributed by atoms with E-state index in [0.717, 1.165) is 0 Å². The van der Waals surface area contributed by atoms with E-state index in [4.69, 9.17) is 4.74 Å². The number of nitrogens with zero attached hydrogens (tertiary/aromatic N) is 2. The molecule has 0 saturated carbocycles. The fourth-order valence-corrected chi connectivity index (χ4v) is 2.35. The number of piperazine rings is 1. The molecule has 1 aromatic rings. The van der Waals surface area contributed by atoms with E-state index in [1.54, 1.807) is 20.8 Å². The summed E-state index contributed by atoms with van der Waals surface area (Å²) >= 11 is 0. The first kappa shape index (κ1) is 18.0. The number of carbonyl (C=O) groups is 2. The number of phenols is 1. The number of hydrogen-bond acceptors (Lipinski definition) is 4. The van der Waals surface area contributed by atoms with Crippen LogP contribution in [0.5, 0.6) is 5.75 Å². The van der Waals surface area contributed by atoms with E-state index < -0.39 is 40.5 Å². The van der Waals surface area contributed by atoms with Gasteiger partial charge in [-0.25, -0.2) is 13.6 Å². The third-order valence-electron chi connectivity index (χ3n) is 3.47. The van der Waals surface area contributed by atoms with Crippen molar-refractivity contribution in [1.29, 1.82) is 0 Å². The molecular formula is C16H20F2N2O4. The molecule has 2 rings (SSSR count). The highest BCUT2D eigenvalue weighted by Crippen LogP contribution is 2.24. The van der Waals surface area contributed by atoms with E-state index in [1.165, 1.54) is 9.80 Å². The molecule has 24 heavy (non-hydrogen) atoms. The molecule has 1 saturated heterocycles. The van der Waals surface area contributed by atoms with Crippen LogP contribution >= 0.6 is 0 Å². The molecule has 1 fully saturated rings. The zero-order chi connectivity index (χ0) is 18.1. The summed E-state index contributed by atoms with van der Waals surface area (Å²) in [5.74, 6) is -3.57. The van der Waals surface area contributed by atoms with Crippen LogP contribution in [0, 0.1) is 11.6 Å². The maximum Gasteiger partial charge on any atom is 0.410 e. The lowest BCUT2D eigenvalue weighted by molar-refractivity contribution is 0.0139. The Labute approximate surface area is 138 Å². The second kappa shape index (κ2) is 6.62. The summed E-state index contributed by atoms with van der Waals surface area (Å²) in [5, 5.41) is 9.63. The summed E-state index contributed by atoms with van der Waals surface area (Å²) in [4.78, 5) is 27.0. The van der Waals surface area contributed by atoms with E-state index in [0.29, 0.717) is 12.1 Å². The van der Waals surface area contributed by atoms with Crippen LogP contribution < -0.4 is 0 Å². The van der Waals surface area contributed by atoms with E-state index in [2.05, 4.69) is 0 Å². The van der Waals surface area contributed by atoms with Gasteiger partial charge in [0, 0.05) is 38.3 Å². The number of hydrogen-bond donors (Lipinski definition) is 1. The number of halogens is 2. The summed E-state index contributed by atoms with van der Waals surface area (Å²) in [6, 6.07) is 1.23. The Morgan fingerprint density at radius 2 is 1.62 bits per heavy atom. The Kier molecular flexibility index (Phi) is 4.96. The topological polar surface area (TPSA) is 70.1 Å². The quantitative estimate of drug-likeness (QED) is 0.851. The highest BCUT2D eigenvalue weighted by atomic mass is 19.1. The Morgan fingerprint density at radius 1 is 1.08 bits per heavy atom. The molecule has 8 heteroatoms. The number of ether oxygens (including phenoxy) is 1. The number of carbonyl (C=O) groups excluding carboxylic acids is 2. The van der Waals surface area contributed by atoms with Gasteiger partial charge in [0.15, 0.2) is 0 Å². The smallest absolute Gasteiger partial charge is 0.410 e. The van der Waals surface area contributed by atoms with Gasteiger partial charge in [0.2, 0.25) is 0 Å². The van der Waals surface area contributed by atoms with Crippen LogP contribution in [0.2, 0.25) is 0 Å². The van der Waals surface area contributed by atoms with Crippen molar-refractivity contribution in [2.45, 2.75) is 26.4 Å². The van der Waals surface area contributed by atoms with Gasteiger partial charge in [-0.2, -0.15) is 0 Å². The average Bonchev–Trinajstić information content (AvgIpc) is 2.44. The lowest BCUT2D eigenvalue weighted by Crippen LogP contribution is -2.51. The monoisotopic (exact) mass is 342 g/mol. The van der Waals surface area contributed by atoms with E-state index >= 15 is 0 Å². The van der Waals surface area contributed by atoms with Crippen LogP contribution in [0.3, 0.4) is 0 Å². The van der Waals surface area contributed by atoms with Crippen molar-refractivity contribution in [2.75, 3.05) is 26.2 Å². The predicted molar refractivity (Wildman–Crippen MR) is 81.7 cm³/mol. The van der Waals surface area contributed by atoms with Crippen LogP contribution in [0.1, 0.15) is 31.1 Å². The largest absolute Gasteiger partial charge is 0.507 e. The molecule has 132 valence electrons. The summed E-state index contributed by atoms with van der Waals surface area (Å²) in [6.45, 7) is 6.04. The lowest BCUT2D eigenvalue weighted by Gasteiger charge is -2.35. The standard InChI is InChI=1S/C16H20F2N2O4/c1-16(2,3)24-15(23)20-6-4-19(5-7-20)14(22)13-11(18)8-10(17)9-12(13)21/h8-9,21H,4-7H2,1-3H3. The summed E-state index contributed by atoms with van der Waals surface area (Å²) in [5.41, 5.74) is -1.19. The molecule has 1 heterocycles. The maximum atomic E-state index is 13.8. The number of phenolic OH excluding ortho intramolecular Hbond substituents is 1. The van der Waals surface area contributed by atoms with Gasteiger partial charge < -0.3 is 19.6 Å². The number of benzene rings is 1. The molecule has 0 spiro atoms. The van der Waals surface area contributed by atoms with Crippen molar-refractivity contribution >= 4 is 12.0 Å². The average molecular weight is 342 g/mol. The van der Waals surface area contributed by atoms with Crippen molar-refractivity contribution in [3.05, 3.63) is 29.3 Å². The molecule has 1 N–H and O–H groups in total. The fraction of sp³-hybridized carbons (Fsp3) is 0.500. The van der Waals surface area contributed by atoms with Crippen molar-refractivity contribution in [1.82, 2.24) is 9.80 Å². The highest BCUT2D eigenvalue weighted by molar-refractivity contribution is 5.97. The van der Waals surface area contributed by atoms with Gasteiger partial charge in [0.25, 0.3) is 5.91 Å². The first-order chi connectivity index (χ1) is 11.1. The molecule has 1 aliphatic rings. The van der Waals surface area contributed by atoms with Crippen LogP contribution in [0.4, 0.5) is 13.6 Å². The second-order valence-electron chi connectivity index (χ2n) is 6.54. The Hall–Kier alpha value is -2.38. The molecular weight excluding hydrogens is 322 g/mol. The third-order valence-corrected chi connectivity index (χ3v) is 3.47. The summed E-state index contributed by atoms with van der Waals surface area (Å²) < 4.78 is 32.0. The van der Waals surface area contributed by atoms with Crippen molar-refractivity contribution < 1.29 is 28.2 Å². The van der Waals surface area contributed by atoms with E-state index in [1.807, 2.05) is 0 Å². The van der Waals surface area contributed by atoms with Gasteiger partial charge in [-0.15, -0.1) is 0 Å². The maximum absolute atomic E-state index is 13.8. The number of aromatic hydroxyl groups is 1. The van der Waals surface area contributed by atoms with Crippen molar-refractivity contribution in [2.24, 2.45) is 0 Å². The number of amides is 2.